The highest BCUT2D eigenvalue weighted by Gasteiger charge is 2.36. The van der Waals surface area contributed by atoms with Gasteiger partial charge in [0.15, 0.2) is 18.1 Å². The van der Waals surface area contributed by atoms with Crippen molar-refractivity contribution in [2.75, 3.05) is 6.61 Å². The number of carbonyl (C=O) groups is 2. The van der Waals surface area contributed by atoms with Crippen LogP contribution in [0.5, 0.6) is 11.5 Å². The fourth-order valence-corrected chi connectivity index (χ4v) is 3.18. The number of carbonyl (C=O) groups excluding carboxylic acids is 2. The highest BCUT2D eigenvalue weighted by atomic mass is 19.4. The molecule has 2 unspecified atom stereocenters. The van der Waals surface area contributed by atoms with Gasteiger partial charge >= 0.3 is 12.1 Å². The summed E-state index contributed by atoms with van der Waals surface area (Å²) in [5, 5.41) is 0. The molecule has 0 aliphatic carbocycles. The normalized spacial score (nSPS) is 18.4. The molecule has 6 nitrogen and oxygen atoms in total. The second-order valence-electron chi connectivity index (χ2n) is 6.83. The van der Waals surface area contributed by atoms with Crippen LogP contribution in [0, 0.1) is 13.8 Å². The molecular formula is C20H20F3NO5. The van der Waals surface area contributed by atoms with Crippen molar-refractivity contribution < 1.29 is 37.0 Å². The van der Waals surface area contributed by atoms with Crippen LogP contribution in [0.4, 0.5) is 13.2 Å². The molecule has 1 aromatic heterocycles. The van der Waals surface area contributed by atoms with E-state index in [1.165, 1.54) is 19.9 Å². The zero-order chi connectivity index (χ0) is 21.3. The molecule has 3 rings (SSSR count). The summed E-state index contributed by atoms with van der Waals surface area (Å²) < 4.78 is 55.4. The van der Waals surface area contributed by atoms with Gasteiger partial charge in [-0.2, -0.15) is 13.2 Å². The van der Waals surface area contributed by atoms with Crippen LogP contribution in [0.1, 0.15) is 28.7 Å². The van der Waals surface area contributed by atoms with Crippen LogP contribution in [0.25, 0.3) is 0 Å². The zero-order valence-corrected chi connectivity index (χ0v) is 16.1. The lowest BCUT2D eigenvalue weighted by atomic mass is 10.1. The molecule has 0 N–H and O–H groups in total. The molecule has 9 heteroatoms. The third-order valence-electron chi connectivity index (χ3n) is 4.63. The van der Waals surface area contributed by atoms with Gasteiger partial charge in [-0.1, -0.05) is 12.1 Å². The van der Waals surface area contributed by atoms with Crippen LogP contribution >= 0.6 is 0 Å². The van der Waals surface area contributed by atoms with Crippen molar-refractivity contribution in [3.8, 4) is 11.5 Å². The average Bonchev–Trinajstić information content (AvgIpc) is 2.92. The standard InChI is InChI=1S/C20H20F3NO5/c1-11-8-14(12(2)24(11)10-20(21,22)23)15(25)9-27-19(26)18-13(3)28-16-6-4-5-7-17(16)29-18/h4-8,13,18H,9-10H2,1-3H3. The number of hydrogen-bond donors (Lipinski definition) is 0. The molecule has 1 aromatic carbocycles. The summed E-state index contributed by atoms with van der Waals surface area (Å²) >= 11 is 0. The molecule has 1 aliphatic rings. The summed E-state index contributed by atoms with van der Waals surface area (Å²) in [6.07, 6.45) is -6.11. The monoisotopic (exact) mass is 411 g/mol. The highest BCUT2D eigenvalue weighted by molar-refractivity contribution is 5.99. The summed E-state index contributed by atoms with van der Waals surface area (Å²) in [4.78, 5) is 24.8. The van der Waals surface area contributed by atoms with Crippen LogP contribution in [-0.2, 0) is 16.1 Å². The van der Waals surface area contributed by atoms with Gasteiger partial charge in [-0.3, -0.25) is 4.79 Å². The Morgan fingerprint density at radius 3 is 2.38 bits per heavy atom. The minimum atomic E-state index is -4.41. The molecule has 2 atom stereocenters. The number of aromatic nitrogens is 1. The summed E-state index contributed by atoms with van der Waals surface area (Å²) in [7, 11) is 0. The van der Waals surface area contributed by atoms with E-state index in [0.29, 0.717) is 17.2 Å². The maximum absolute atomic E-state index is 12.7. The van der Waals surface area contributed by atoms with Crippen molar-refractivity contribution in [2.24, 2.45) is 0 Å². The number of benzene rings is 1. The van der Waals surface area contributed by atoms with Crippen LogP contribution in [0.3, 0.4) is 0 Å². The molecule has 2 heterocycles. The smallest absolute Gasteiger partial charge is 0.406 e. The summed E-state index contributed by atoms with van der Waals surface area (Å²) in [6.45, 7) is 2.73. The number of halogens is 3. The molecule has 0 fully saturated rings. The van der Waals surface area contributed by atoms with Gasteiger partial charge in [-0.15, -0.1) is 0 Å². The lowest BCUT2D eigenvalue weighted by molar-refractivity contribution is -0.156. The molecule has 0 amide bonds. The highest BCUT2D eigenvalue weighted by Crippen LogP contribution is 2.33. The van der Waals surface area contributed by atoms with Crippen LogP contribution < -0.4 is 9.47 Å². The maximum atomic E-state index is 12.7. The average molecular weight is 411 g/mol. The molecule has 1 aliphatic heterocycles. The van der Waals surface area contributed by atoms with Gasteiger partial charge in [-0.05, 0) is 39.0 Å². The number of rotatable bonds is 5. The second-order valence-corrected chi connectivity index (χ2v) is 6.83. The number of para-hydroxylation sites is 2. The van der Waals surface area contributed by atoms with E-state index in [1.807, 2.05) is 0 Å². The van der Waals surface area contributed by atoms with E-state index in [0.717, 1.165) is 4.57 Å². The molecule has 0 bridgehead atoms. The lowest BCUT2D eigenvalue weighted by Gasteiger charge is -2.30. The summed E-state index contributed by atoms with van der Waals surface area (Å²) in [5.74, 6) is -0.499. The van der Waals surface area contributed by atoms with Crippen molar-refractivity contribution >= 4 is 11.8 Å². The van der Waals surface area contributed by atoms with Gasteiger partial charge in [0, 0.05) is 17.0 Å². The van der Waals surface area contributed by atoms with E-state index < -0.39 is 43.3 Å². The van der Waals surface area contributed by atoms with Crippen molar-refractivity contribution in [1.29, 1.82) is 0 Å². The Hall–Kier alpha value is -2.97. The van der Waals surface area contributed by atoms with E-state index >= 15 is 0 Å². The Kier molecular flexibility index (Phi) is 5.59. The van der Waals surface area contributed by atoms with Crippen molar-refractivity contribution in [1.82, 2.24) is 4.57 Å². The van der Waals surface area contributed by atoms with Gasteiger partial charge in [0.25, 0.3) is 0 Å². The first-order chi connectivity index (χ1) is 13.6. The number of aryl methyl sites for hydroxylation is 1. The molecule has 0 spiro atoms. The Balaban J connectivity index is 1.65. The minimum Gasteiger partial charge on any atom is -0.482 e. The first-order valence-corrected chi connectivity index (χ1v) is 8.92. The predicted molar refractivity (Wildman–Crippen MR) is 96.2 cm³/mol. The molecule has 2 aromatic rings. The summed E-state index contributed by atoms with van der Waals surface area (Å²) in [6, 6.07) is 8.19. The fraction of sp³-hybridized carbons (Fsp3) is 0.400. The van der Waals surface area contributed by atoms with Crippen molar-refractivity contribution in [2.45, 2.75) is 45.7 Å². The zero-order valence-electron chi connectivity index (χ0n) is 16.1. The maximum Gasteiger partial charge on any atom is 0.406 e. The number of hydrogen-bond acceptors (Lipinski definition) is 5. The van der Waals surface area contributed by atoms with Crippen LogP contribution in [0.15, 0.2) is 30.3 Å². The Morgan fingerprint density at radius 2 is 1.76 bits per heavy atom. The van der Waals surface area contributed by atoms with Gasteiger partial charge in [0.2, 0.25) is 11.9 Å². The molecule has 29 heavy (non-hydrogen) atoms. The van der Waals surface area contributed by atoms with Gasteiger partial charge < -0.3 is 18.8 Å². The number of Topliss-reactive ketones (excluding diaryl/α,β-unsaturated/α-hetero) is 1. The minimum absolute atomic E-state index is 0.0822. The second kappa shape index (κ2) is 7.81. The number of nitrogens with zero attached hydrogens (tertiary/aromatic N) is 1. The lowest BCUT2D eigenvalue weighted by Crippen LogP contribution is -2.44. The van der Waals surface area contributed by atoms with Crippen LogP contribution in [-0.4, -0.2) is 41.3 Å². The Bertz CT molecular complexity index is 935. The number of ether oxygens (including phenoxy) is 3. The number of ketones is 1. The summed E-state index contributed by atoms with van der Waals surface area (Å²) in [5.41, 5.74) is 0.544. The van der Waals surface area contributed by atoms with Gasteiger partial charge in [0.05, 0.1) is 0 Å². The molecule has 0 saturated carbocycles. The Morgan fingerprint density at radius 1 is 1.14 bits per heavy atom. The quantitative estimate of drug-likeness (QED) is 0.555. The Labute approximate surface area is 165 Å². The van der Waals surface area contributed by atoms with Crippen LogP contribution in [0.2, 0.25) is 0 Å². The molecule has 0 saturated heterocycles. The largest absolute Gasteiger partial charge is 0.482 e. The third-order valence-corrected chi connectivity index (χ3v) is 4.63. The molecule has 156 valence electrons. The molecular weight excluding hydrogens is 391 g/mol. The third kappa shape index (κ3) is 4.55. The predicted octanol–water partition coefficient (Wildman–Crippen LogP) is 3.62. The van der Waals surface area contributed by atoms with E-state index in [9.17, 15) is 22.8 Å². The SMILES string of the molecule is Cc1cc(C(=O)COC(=O)C2Oc3ccccc3OC2C)c(C)n1CC(F)(F)F. The number of alkyl halides is 3. The van der Waals surface area contributed by atoms with E-state index in [4.69, 9.17) is 14.2 Å². The first kappa shape index (κ1) is 20.8. The topological polar surface area (TPSA) is 66.8 Å². The van der Waals surface area contributed by atoms with Crippen molar-refractivity contribution in [3.63, 3.8) is 0 Å². The van der Waals surface area contributed by atoms with E-state index in [1.54, 1.807) is 31.2 Å². The first-order valence-electron chi connectivity index (χ1n) is 8.92. The number of fused-ring (bicyclic) bond motifs is 1. The van der Waals surface area contributed by atoms with E-state index in [2.05, 4.69) is 0 Å². The molecule has 0 radical (unpaired) electrons. The fourth-order valence-electron chi connectivity index (χ4n) is 3.18. The van der Waals surface area contributed by atoms with Crippen molar-refractivity contribution in [3.05, 3.63) is 47.3 Å². The van der Waals surface area contributed by atoms with E-state index in [-0.39, 0.29) is 11.3 Å². The van der Waals surface area contributed by atoms with Gasteiger partial charge in [-0.25, -0.2) is 4.79 Å². The van der Waals surface area contributed by atoms with Gasteiger partial charge in [0.1, 0.15) is 12.6 Å². The number of esters is 1.